The Morgan fingerprint density at radius 1 is 1.11 bits per heavy atom. The fraction of sp³-hybridized carbons (Fsp3) is 0.208. The molecule has 0 unspecified atom stereocenters. The summed E-state index contributed by atoms with van der Waals surface area (Å²) in [5, 5.41) is 30.5. The Bertz CT molecular complexity index is 1730. The standard InChI is InChI=1S/C24H22FN5O5S/c1-13-27-28-19(35-13)12-30-11-18-20(24(30)32)23(31)21-17(22(18)29(2)36(3,33)34)9-15(10-26-21)8-14-4-6-16(25)7-5-14/h4-7,9-11,31-32H,8,12H2,1-3H3. The number of sulfonamides is 1. The van der Waals surface area contributed by atoms with Gasteiger partial charge in [-0.2, -0.15) is 0 Å². The number of anilines is 1. The Morgan fingerprint density at radius 2 is 1.83 bits per heavy atom. The highest BCUT2D eigenvalue weighted by atomic mass is 32.2. The van der Waals surface area contributed by atoms with Crippen LogP contribution in [0.25, 0.3) is 21.7 Å². The highest BCUT2D eigenvalue weighted by molar-refractivity contribution is 7.92. The number of halogens is 1. The van der Waals surface area contributed by atoms with Gasteiger partial charge in [-0.3, -0.25) is 9.29 Å². The van der Waals surface area contributed by atoms with Crippen LogP contribution >= 0.6 is 0 Å². The summed E-state index contributed by atoms with van der Waals surface area (Å²) in [4.78, 5) is 4.40. The third kappa shape index (κ3) is 4.09. The van der Waals surface area contributed by atoms with E-state index >= 15 is 0 Å². The van der Waals surface area contributed by atoms with Gasteiger partial charge in [0.15, 0.2) is 5.75 Å². The lowest BCUT2D eigenvalue weighted by molar-refractivity contribution is 0.401. The van der Waals surface area contributed by atoms with Crippen molar-refractivity contribution in [1.29, 1.82) is 0 Å². The summed E-state index contributed by atoms with van der Waals surface area (Å²) < 4.78 is 46.4. The molecule has 0 atom stereocenters. The van der Waals surface area contributed by atoms with Gasteiger partial charge >= 0.3 is 0 Å². The van der Waals surface area contributed by atoms with Crippen molar-refractivity contribution in [3.8, 4) is 11.6 Å². The van der Waals surface area contributed by atoms with E-state index in [1.54, 1.807) is 31.3 Å². The molecule has 5 aromatic rings. The van der Waals surface area contributed by atoms with Crippen molar-refractivity contribution >= 4 is 37.4 Å². The molecule has 0 aliphatic rings. The van der Waals surface area contributed by atoms with Gasteiger partial charge in [-0.05, 0) is 35.7 Å². The number of phenols is 1. The van der Waals surface area contributed by atoms with Crippen molar-refractivity contribution in [2.24, 2.45) is 0 Å². The molecule has 3 aromatic heterocycles. The van der Waals surface area contributed by atoms with E-state index in [1.165, 1.54) is 29.9 Å². The summed E-state index contributed by atoms with van der Waals surface area (Å²) in [6.07, 6.45) is 4.54. The maximum absolute atomic E-state index is 13.3. The van der Waals surface area contributed by atoms with Gasteiger partial charge in [0.2, 0.25) is 27.7 Å². The topological polar surface area (TPSA) is 135 Å². The lowest BCUT2D eigenvalue weighted by Crippen LogP contribution is -2.25. The molecule has 186 valence electrons. The SMILES string of the molecule is Cc1nnc(Cn2cc3c(N(C)S(C)(=O)=O)c4cc(Cc5ccc(F)cc5)cnc4c(O)c3c2O)o1. The minimum Gasteiger partial charge on any atom is -0.505 e. The van der Waals surface area contributed by atoms with Crippen molar-refractivity contribution in [1.82, 2.24) is 19.7 Å². The maximum Gasteiger partial charge on any atom is 0.236 e. The van der Waals surface area contributed by atoms with Crippen molar-refractivity contribution < 1.29 is 27.4 Å². The van der Waals surface area contributed by atoms with Crippen molar-refractivity contribution in [3.05, 3.63) is 71.5 Å². The van der Waals surface area contributed by atoms with Gasteiger partial charge in [-0.1, -0.05) is 12.1 Å². The van der Waals surface area contributed by atoms with Crippen molar-refractivity contribution in [3.63, 3.8) is 0 Å². The zero-order valence-electron chi connectivity index (χ0n) is 19.6. The smallest absolute Gasteiger partial charge is 0.236 e. The average Bonchev–Trinajstić information content (AvgIpc) is 3.37. The van der Waals surface area contributed by atoms with Crippen LogP contribution in [0.4, 0.5) is 10.1 Å². The molecule has 36 heavy (non-hydrogen) atoms. The van der Waals surface area contributed by atoms with Gasteiger partial charge in [0.05, 0.1) is 17.3 Å². The van der Waals surface area contributed by atoms with Crippen LogP contribution in [0.3, 0.4) is 0 Å². The monoisotopic (exact) mass is 511 g/mol. The van der Waals surface area contributed by atoms with E-state index in [0.29, 0.717) is 23.1 Å². The summed E-state index contributed by atoms with van der Waals surface area (Å²) in [5.74, 6) is -0.368. The Labute approximate surface area is 205 Å². The molecule has 0 bridgehead atoms. The van der Waals surface area contributed by atoms with Gasteiger partial charge in [-0.25, -0.2) is 12.8 Å². The predicted octanol–water partition coefficient (Wildman–Crippen LogP) is 3.47. The van der Waals surface area contributed by atoms with Gasteiger partial charge in [-0.15, -0.1) is 10.2 Å². The van der Waals surface area contributed by atoms with Gasteiger partial charge in [0.1, 0.15) is 17.9 Å². The molecule has 0 saturated heterocycles. The lowest BCUT2D eigenvalue weighted by Gasteiger charge is -2.21. The van der Waals surface area contributed by atoms with E-state index in [2.05, 4.69) is 15.2 Å². The van der Waals surface area contributed by atoms with Crippen LogP contribution in [-0.2, 0) is 23.0 Å². The fourth-order valence-electron chi connectivity index (χ4n) is 4.21. The molecule has 2 aromatic carbocycles. The summed E-state index contributed by atoms with van der Waals surface area (Å²) in [6.45, 7) is 1.64. The number of nitrogens with zero attached hydrogens (tertiary/aromatic N) is 5. The molecule has 10 nitrogen and oxygen atoms in total. The van der Waals surface area contributed by atoms with Crippen LogP contribution in [0.15, 0.2) is 47.1 Å². The summed E-state index contributed by atoms with van der Waals surface area (Å²) >= 11 is 0. The van der Waals surface area contributed by atoms with Gasteiger partial charge < -0.3 is 19.2 Å². The number of pyridine rings is 1. The number of hydrogen-bond acceptors (Lipinski definition) is 8. The van der Waals surface area contributed by atoms with Crippen LogP contribution in [0.2, 0.25) is 0 Å². The predicted molar refractivity (Wildman–Crippen MR) is 131 cm³/mol. The molecular weight excluding hydrogens is 489 g/mol. The van der Waals surface area contributed by atoms with E-state index in [0.717, 1.165) is 21.7 Å². The molecule has 0 amide bonds. The quantitative estimate of drug-likeness (QED) is 0.354. The second-order valence-corrected chi connectivity index (χ2v) is 10.6. The summed E-state index contributed by atoms with van der Waals surface area (Å²) in [6, 6.07) is 7.76. The van der Waals surface area contributed by atoms with Crippen LogP contribution in [0.1, 0.15) is 22.9 Å². The molecule has 0 radical (unpaired) electrons. The molecule has 0 aliphatic carbocycles. The zero-order chi connectivity index (χ0) is 25.8. The molecule has 12 heteroatoms. The molecule has 0 spiro atoms. The normalized spacial score (nSPS) is 12.0. The average molecular weight is 512 g/mol. The first-order valence-electron chi connectivity index (χ1n) is 10.9. The second-order valence-electron chi connectivity index (χ2n) is 8.55. The van der Waals surface area contributed by atoms with Gasteiger partial charge in [0, 0.05) is 37.1 Å². The zero-order valence-corrected chi connectivity index (χ0v) is 20.4. The van der Waals surface area contributed by atoms with E-state index in [-0.39, 0.29) is 46.5 Å². The van der Waals surface area contributed by atoms with Crippen LogP contribution in [-0.4, -0.2) is 51.7 Å². The highest BCUT2D eigenvalue weighted by Gasteiger charge is 2.26. The van der Waals surface area contributed by atoms with E-state index in [1.807, 2.05) is 0 Å². The minimum atomic E-state index is -3.74. The molecule has 3 heterocycles. The molecule has 0 aliphatic heterocycles. The Morgan fingerprint density at radius 3 is 2.47 bits per heavy atom. The van der Waals surface area contributed by atoms with Crippen molar-refractivity contribution in [2.75, 3.05) is 17.6 Å². The fourth-order valence-corrected chi connectivity index (χ4v) is 4.74. The highest BCUT2D eigenvalue weighted by Crippen LogP contribution is 2.46. The largest absolute Gasteiger partial charge is 0.505 e. The Kier molecular flexibility index (Phi) is 5.55. The molecule has 0 saturated carbocycles. The third-order valence-electron chi connectivity index (χ3n) is 5.97. The summed E-state index contributed by atoms with van der Waals surface area (Å²) in [5.41, 5.74) is 1.92. The summed E-state index contributed by atoms with van der Waals surface area (Å²) in [7, 11) is -2.34. The Balaban J connectivity index is 1.75. The number of hydrogen-bond donors (Lipinski definition) is 2. The van der Waals surface area contributed by atoms with Crippen molar-refractivity contribution in [2.45, 2.75) is 19.9 Å². The molecular formula is C24H22FN5O5S. The number of phenolic OH excluding ortho intramolecular Hbond substituents is 1. The lowest BCUT2D eigenvalue weighted by atomic mass is 10.0. The van der Waals surface area contributed by atoms with Crippen LogP contribution < -0.4 is 4.31 Å². The minimum absolute atomic E-state index is 0.00239. The Hall–Kier alpha value is -4.19. The number of aryl methyl sites for hydroxylation is 1. The number of aromatic hydroxyl groups is 2. The van der Waals surface area contributed by atoms with E-state index < -0.39 is 10.0 Å². The first-order valence-corrected chi connectivity index (χ1v) is 12.7. The van der Waals surface area contributed by atoms with Gasteiger partial charge in [0.25, 0.3) is 0 Å². The van der Waals surface area contributed by atoms with E-state index in [9.17, 15) is 23.0 Å². The molecule has 0 fully saturated rings. The first kappa shape index (κ1) is 23.5. The third-order valence-corrected chi connectivity index (χ3v) is 7.15. The first-order chi connectivity index (χ1) is 17.0. The number of benzene rings is 2. The number of rotatable bonds is 6. The maximum atomic E-state index is 13.3. The van der Waals surface area contributed by atoms with Crippen LogP contribution in [0.5, 0.6) is 11.6 Å². The van der Waals surface area contributed by atoms with E-state index in [4.69, 9.17) is 4.42 Å². The van der Waals surface area contributed by atoms with Crippen LogP contribution in [0, 0.1) is 12.7 Å². The molecule has 5 rings (SSSR count). The second kappa shape index (κ2) is 8.48. The number of fused-ring (bicyclic) bond motifs is 2. The molecule has 2 N–H and O–H groups in total. The number of aromatic nitrogens is 4.